The number of carbonyl (C=O) groups excluding carboxylic acids is 1. The number of furan rings is 1. The summed E-state index contributed by atoms with van der Waals surface area (Å²) >= 11 is 5.85. The van der Waals surface area contributed by atoms with Crippen molar-refractivity contribution in [3.63, 3.8) is 0 Å². The number of aryl methyl sites for hydroxylation is 1. The van der Waals surface area contributed by atoms with Crippen LogP contribution in [0.2, 0.25) is 5.02 Å². The van der Waals surface area contributed by atoms with E-state index in [0.29, 0.717) is 27.9 Å². The van der Waals surface area contributed by atoms with Gasteiger partial charge in [0.2, 0.25) is 0 Å². The Labute approximate surface area is 115 Å². The summed E-state index contributed by atoms with van der Waals surface area (Å²) in [7, 11) is 0. The van der Waals surface area contributed by atoms with Crippen LogP contribution in [0.15, 0.2) is 34.7 Å². The monoisotopic (exact) mass is 280 g/mol. The fraction of sp³-hybridized carbons (Fsp3) is 0.154. The maximum absolute atomic E-state index is 11.4. The summed E-state index contributed by atoms with van der Waals surface area (Å²) in [6.45, 7) is 1.90. The minimum atomic E-state index is -0.393. The molecule has 5 nitrogen and oxygen atoms in total. The minimum absolute atomic E-state index is 0.207. The normalized spacial score (nSPS) is 10.3. The number of hydrazine groups is 1. The molecule has 100 valence electrons. The van der Waals surface area contributed by atoms with Crippen LogP contribution in [0.5, 0.6) is 5.75 Å². The number of rotatable bonds is 4. The Balaban J connectivity index is 2.06. The third kappa shape index (κ3) is 3.27. The second kappa shape index (κ2) is 5.77. The molecule has 0 saturated heterocycles. The van der Waals surface area contributed by atoms with Crippen LogP contribution in [0.4, 0.5) is 0 Å². The zero-order chi connectivity index (χ0) is 13.8. The molecule has 0 fully saturated rings. The molecule has 0 aliphatic carbocycles. The van der Waals surface area contributed by atoms with E-state index in [2.05, 4.69) is 5.43 Å². The van der Waals surface area contributed by atoms with Gasteiger partial charge in [-0.15, -0.1) is 0 Å². The molecule has 0 unspecified atom stereocenters. The SMILES string of the molecule is Cc1oc(COc2cccc(Cl)c2)cc1C(=O)NN. The highest BCUT2D eigenvalue weighted by molar-refractivity contribution is 6.30. The fourth-order valence-corrected chi connectivity index (χ4v) is 1.81. The molecule has 2 aromatic rings. The van der Waals surface area contributed by atoms with Crippen molar-refractivity contribution in [1.82, 2.24) is 5.43 Å². The van der Waals surface area contributed by atoms with Crippen molar-refractivity contribution in [3.05, 3.63) is 52.4 Å². The molecule has 0 aliphatic rings. The summed E-state index contributed by atoms with van der Waals surface area (Å²) in [5, 5.41) is 0.594. The number of benzene rings is 1. The predicted molar refractivity (Wildman–Crippen MR) is 70.9 cm³/mol. The number of nitrogen functional groups attached to an aromatic ring is 1. The lowest BCUT2D eigenvalue weighted by atomic mass is 10.2. The molecule has 0 aliphatic heterocycles. The lowest BCUT2D eigenvalue weighted by Gasteiger charge is -2.03. The van der Waals surface area contributed by atoms with Gasteiger partial charge in [0.15, 0.2) is 0 Å². The van der Waals surface area contributed by atoms with Gasteiger partial charge in [0.25, 0.3) is 5.91 Å². The summed E-state index contributed by atoms with van der Waals surface area (Å²) < 4.78 is 10.9. The quantitative estimate of drug-likeness (QED) is 0.512. The summed E-state index contributed by atoms with van der Waals surface area (Å²) in [6, 6.07) is 8.63. The van der Waals surface area contributed by atoms with Crippen LogP contribution in [0.25, 0.3) is 0 Å². The molecule has 0 radical (unpaired) electrons. The Morgan fingerprint density at radius 3 is 2.95 bits per heavy atom. The molecule has 2 rings (SSSR count). The van der Waals surface area contributed by atoms with E-state index in [1.165, 1.54) is 0 Å². The topological polar surface area (TPSA) is 77.5 Å². The summed E-state index contributed by atoms with van der Waals surface area (Å²) in [4.78, 5) is 11.4. The van der Waals surface area contributed by atoms with Crippen molar-refractivity contribution < 1.29 is 13.9 Å². The molecule has 1 aromatic carbocycles. The first kappa shape index (κ1) is 13.5. The maximum Gasteiger partial charge on any atom is 0.268 e. The lowest BCUT2D eigenvalue weighted by Crippen LogP contribution is -2.30. The van der Waals surface area contributed by atoms with Crippen LogP contribution in [-0.4, -0.2) is 5.91 Å². The van der Waals surface area contributed by atoms with Gasteiger partial charge in [0.05, 0.1) is 5.56 Å². The largest absolute Gasteiger partial charge is 0.486 e. The molecule has 0 saturated carbocycles. The second-order valence-corrected chi connectivity index (χ2v) is 4.34. The molecule has 0 bridgehead atoms. The van der Waals surface area contributed by atoms with Gasteiger partial charge < -0.3 is 9.15 Å². The molecule has 6 heteroatoms. The van der Waals surface area contributed by atoms with Crippen molar-refractivity contribution in [2.75, 3.05) is 0 Å². The third-order valence-corrected chi connectivity index (χ3v) is 2.76. The molecular weight excluding hydrogens is 268 g/mol. The number of nitrogens with two attached hydrogens (primary N) is 1. The Morgan fingerprint density at radius 1 is 1.47 bits per heavy atom. The van der Waals surface area contributed by atoms with Gasteiger partial charge in [0.1, 0.15) is 23.9 Å². The van der Waals surface area contributed by atoms with E-state index in [-0.39, 0.29) is 6.61 Å². The zero-order valence-electron chi connectivity index (χ0n) is 10.3. The fourth-order valence-electron chi connectivity index (χ4n) is 1.63. The maximum atomic E-state index is 11.4. The van der Waals surface area contributed by atoms with Gasteiger partial charge >= 0.3 is 0 Å². The summed E-state index contributed by atoms with van der Waals surface area (Å²) in [6.07, 6.45) is 0. The van der Waals surface area contributed by atoms with E-state index in [1.807, 2.05) is 0 Å². The smallest absolute Gasteiger partial charge is 0.268 e. The van der Waals surface area contributed by atoms with E-state index in [9.17, 15) is 4.79 Å². The van der Waals surface area contributed by atoms with Crippen LogP contribution in [0, 0.1) is 6.92 Å². The van der Waals surface area contributed by atoms with Crippen LogP contribution in [-0.2, 0) is 6.61 Å². The first-order valence-corrected chi connectivity index (χ1v) is 5.96. The van der Waals surface area contributed by atoms with Crippen molar-refractivity contribution in [2.24, 2.45) is 5.84 Å². The van der Waals surface area contributed by atoms with Gasteiger partial charge in [-0.3, -0.25) is 10.2 Å². The molecule has 0 spiro atoms. The number of ether oxygens (including phenoxy) is 1. The highest BCUT2D eigenvalue weighted by atomic mass is 35.5. The predicted octanol–water partition coefficient (Wildman–Crippen LogP) is 2.42. The Morgan fingerprint density at radius 2 is 2.26 bits per heavy atom. The van der Waals surface area contributed by atoms with E-state index in [0.717, 1.165) is 0 Å². The van der Waals surface area contributed by atoms with Crippen molar-refractivity contribution >= 4 is 17.5 Å². The number of nitrogens with one attached hydrogen (secondary N) is 1. The van der Waals surface area contributed by atoms with Gasteiger partial charge in [-0.1, -0.05) is 17.7 Å². The number of halogens is 1. The lowest BCUT2D eigenvalue weighted by molar-refractivity contribution is 0.0952. The zero-order valence-corrected chi connectivity index (χ0v) is 11.0. The molecule has 0 atom stereocenters. The summed E-state index contributed by atoms with van der Waals surface area (Å²) in [5.41, 5.74) is 2.46. The second-order valence-electron chi connectivity index (χ2n) is 3.90. The molecule has 3 N–H and O–H groups in total. The number of hydrogen-bond donors (Lipinski definition) is 2. The number of hydrogen-bond acceptors (Lipinski definition) is 4. The molecule has 1 aromatic heterocycles. The first-order valence-electron chi connectivity index (χ1n) is 5.59. The van der Waals surface area contributed by atoms with Crippen LogP contribution < -0.4 is 16.0 Å². The van der Waals surface area contributed by atoms with E-state index >= 15 is 0 Å². The molecule has 19 heavy (non-hydrogen) atoms. The molecular formula is C13H13ClN2O3. The van der Waals surface area contributed by atoms with E-state index < -0.39 is 5.91 Å². The number of amides is 1. The third-order valence-electron chi connectivity index (χ3n) is 2.52. The van der Waals surface area contributed by atoms with Gasteiger partial charge in [-0.05, 0) is 31.2 Å². The standard InChI is InChI=1S/C13H13ClN2O3/c1-8-12(13(17)16-15)6-11(19-8)7-18-10-4-2-3-9(14)5-10/h2-6H,7,15H2,1H3,(H,16,17). The van der Waals surface area contributed by atoms with E-state index in [1.54, 1.807) is 37.3 Å². The minimum Gasteiger partial charge on any atom is -0.486 e. The van der Waals surface area contributed by atoms with Gasteiger partial charge in [0, 0.05) is 5.02 Å². The highest BCUT2D eigenvalue weighted by Gasteiger charge is 2.14. The average molecular weight is 281 g/mol. The van der Waals surface area contributed by atoms with Crippen LogP contribution in [0.1, 0.15) is 21.9 Å². The van der Waals surface area contributed by atoms with Crippen LogP contribution >= 0.6 is 11.6 Å². The Kier molecular flexibility index (Phi) is 4.09. The van der Waals surface area contributed by atoms with Crippen molar-refractivity contribution in [3.8, 4) is 5.75 Å². The average Bonchev–Trinajstić information content (AvgIpc) is 2.77. The van der Waals surface area contributed by atoms with E-state index in [4.69, 9.17) is 26.6 Å². The van der Waals surface area contributed by atoms with Crippen molar-refractivity contribution in [1.29, 1.82) is 0 Å². The number of carbonyl (C=O) groups is 1. The Hall–Kier alpha value is -1.98. The van der Waals surface area contributed by atoms with Gasteiger partial charge in [-0.25, -0.2) is 5.84 Å². The summed E-state index contributed by atoms with van der Waals surface area (Å²) in [5.74, 6) is 6.35. The van der Waals surface area contributed by atoms with Crippen molar-refractivity contribution in [2.45, 2.75) is 13.5 Å². The molecule has 1 heterocycles. The van der Waals surface area contributed by atoms with Gasteiger partial charge in [-0.2, -0.15) is 0 Å². The Bertz CT molecular complexity index is 595. The first-order chi connectivity index (χ1) is 9.10. The molecule has 1 amide bonds. The van der Waals surface area contributed by atoms with Crippen LogP contribution in [0.3, 0.4) is 0 Å². The highest BCUT2D eigenvalue weighted by Crippen LogP contribution is 2.20.